The Bertz CT molecular complexity index is 1140. The largest absolute Gasteiger partial charge is 0.398 e. The summed E-state index contributed by atoms with van der Waals surface area (Å²) >= 11 is 12.5. The van der Waals surface area contributed by atoms with Crippen molar-refractivity contribution in [2.75, 3.05) is 54.3 Å². The van der Waals surface area contributed by atoms with E-state index in [-0.39, 0.29) is 0 Å². The first-order chi connectivity index (χ1) is 16.6. The molecular weight excluding hydrogens is 507 g/mol. The summed E-state index contributed by atoms with van der Waals surface area (Å²) in [5, 5.41) is 1.13. The zero-order valence-corrected chi connectivity index (χ0v) is 22.6. The number of hydrogen-bond acceptors (Lipinski definition) is 7. The van der Waals surface area contributed by atoms with Crippen molar-refractivity contribution in [1.82, 2.24) is 14.8 Å². The first kappa shape index (κ1) is 26.3. The van der Waals surface area contributed by atoms with Crippen LogP contribution in [0.15, 0.2) is 30.5 Å². The lowest BCUT2D eigenvalue weighted by atomic mass is 9.97. The van der Waals surface area contributed by atoms with Crippen LogP contribution < -0.4 is 15.4 Å². The number of halogens is 2. The Labute approximate surface area is 218 Å². The van der Waals surface area contributed by atoms with Gasteiger partial charge in [0.05, 0.1) is 23.2 Å². The molecule has 3 heterocycles. The van der Waals surface area contributed by atoms with Crippen LogP contribution in [0.3, 0.4) is 0 Å². The second-order valence-electron chi connectivity index (χ2n) is 9.50. The van der Waals surface area contributed by atoms with E-state index in [1.807, 2.05) is 18.2 Å². The molecule has 2 aliphatic rings. The maximum Gasteiger partial charge on any atom is 0.229 e. The van der Waals surface area contributed by atoms with Crippen molar-refractivity contribution in [3.8, 4) is 0 Å². The topological polar surface area (TPSA) is 94.8 Å². The molecule has 2 saturated heterocycles. The van der Waals surface area contributed by atoms with Crippen LogP contribution in [0.25, 0.3) is 0 Å². The van der Waals surface area contributed by atoms with Gasteiger partial charge < -0.3 is 10.6 Å². The van der Waals surface area contributed by atoms with Gasteiger partial charge in [-0.2, -0.15) is 0 Å². The van der Waals surface area contributed by atoms with E-state index in [9.17, 15) is 8.42 Å². The molecule has 2 fully saturated rings. The SMILES string of the molecule is CCC1CN(c2ncc(NS(C)(=O)=O)cc2Cl)CCN1C1CCN(Cc2ccc(Cl)cc2N)CC1. The van der Waals surface area contributed by atoms with Crippen LogP contribution in [0, 0.1) is 0 Å². The van der Waals surface area contributed by atoms with E-state index < -0.39 is 10.0 Å². The fourth-order valence-electron chi connectivity index (χ4n) is 5.20. The van der Waals surface area contributed by atoms with E-state index in [0.717, 1.165) is 76.0 Å². The van der Waals surface area contributed by atoms with E-state index in [0.29, 0.717) is 33.6 Å². The van der Waals surface area contributed by atoms with Crippen LogP contribution in [0.1, 0.15) is 31.7 Å². The van der Waals surface area contributed by atoms with Gasteiger partial charge in [0.25, 0.3) is 0 Å². The Hall–Kier alpha value is -1.78. The molecule has 0 spiro atoms. The zero-order chi connectivity index (χ0) is 25.2. The van der Waals surface area contributed by atoms with E-state index in [4.69, 9.17) is 28.9 Å². The number of nitrogens with zero attached hydrogens (tertiary/aromatic N) is 4. The molecule has 4 rings (SSSR count). The second kappa shape index (κ2) is 11.1. The summed E-state index contributed by atoms with van der Waals surface area (Å²) < 4.78 is 25.4. The van der Waals surface area contributed by atoms with Crippen LogP contribution in [0.5, 0.6) is 0 Å². The van der Waals surface area contributed by atoms with Crippen molar-refractivity contribution in [3.63, 3.8) is 0 Å². The Balaban J connectivity index is 1.34. The molecular formula is C24H34Cl2N6O2S. The van der Waals surface area contributed by atoms with Crippen molar-refractivity contribution >= 4 is 50.4 Å². The minimum absolute atomic E-state index is 0.374. The lowest BCUT2D eigenvalue weighted by Gasteiger charge is -2.47. The summed E-state index contributed by atoms with van der Waals surface area (Å²) in [5.74, 6) is 0.708. The molecule has 1 atom stereocenters. The third-order valence-electron chi connectivity index (χ3n) is 6.95. The Morgan fingerprint density at radius 3 is 2.51 bits per heavy atom. The maximum absolute atomic E-state index is 11.5. The lowest BCUT2D eigenvalue weighted by molar-refractivity contribution is 0.0611. The van der Waals surface area contributed by atoms with Crippen molar-refractivity contribution in [1.29, 1.82) is 0 Å². The van der Waals surface area contributed by atoms with Crippen molar-refractivity contribution in [2.45, 2.75) is 44.8 Å². The molecule has 3 N–H and O–H groups in total. The standard InChI is InChI=1S/C24H34Cl2N6O2S/c1-3-20-16-31(24-22(26)13-19(14-28-24)29-35(2,33)34)10-11-32(20)21-6-8-30(9-7-21)15-17-4-5-18(25)12-23(17)27/h4-5,12-14,20-21,29H,3,6-11,15-16,27H2,1-2H3. The first-order valence-corrected chi connectivity index (χ1v) is 14.7. The molecule has 0 saturated carbocycles. The highest BCUT2D eigenvalue weighted by atomic mass is 35.5. The van der Waals surface area contributed by atoms with E-state index >= 15 is 0 Å². The number of nitrogens with two attached hydrogens (primary N) is 1. The molecule has 0 aliphatic carbocycles. The number of nitrogen functional groups attached to an aromatic ring is 1. The van der Waals surface area contributed by atoms with Gasteiger partial charge in [-0.3, -0.25) is 14.5 Å². The lowest BCUT2D eigenvalue weighted by Crippen LogP contribution is -2.58. The van der Waals surface area contributed by atoms with Crippen molar-refractivity contribution in [2.24, 2.45) is 0 Å². The molecule has 1 unspecified atom stereocenters. The van der Waals surface area contributed by atoms with Gasteiger partial charge in [0.2, 0.25) is 10.0 Å². The van der Waals surface area contributed by atoms with Crippen LogP contribution in [0.2, 0.25) is 10.0 Å². The van der Waals surface area contributed by atoms with Gasteiger partial charge in [-0.1, -0.05) is 36.2 Å². The fraction of sp³-hybridized carbons (Fsp3) is 0.542. The molecule has 35 heavy (non-hydrogen) atoms. The number of piperidine rings is 1. The van der Waals surface area contributed by atoms with Gasteiger partial charge in [-0.05, 0) is 56.1 Å². The van der Waals surface area contributed by atoms with Gasteiger partial charge in [-0.25, -0.2) is 13.4 Å². The average molecular weight is 542 g/mol. The van der Waals surface area contributed by atoms with Gasteiger partial charge in [0.1, 0.15) is 5.82 Å². The molecule has 2 aromatic rings. The molecule has 8 nitrogen and oxygen atoms in total. The van der Waals surface area contributed by atoms with Crippen LogP contribution in [0.4, 0.5) is 17.2 Å². The summed E-state index contributed by atoms with van der Waals surface area (Å²) in [7, 11) is -3.37. The Morgan fingerprint density at radius 2 is 1.89 bits per heavy atom. The number of nitrogens with one attached hydrogen (secondary N) is 1. The monoisotopic (exact) mass is 540 g/mol. The van der Waals surface area contributed by atoms with Crippen LogP contribution in [-0.2, 0) is 16.6 Å². The molecule has 0 amide bonds. The molecule has 1 aromatic carbocycles. The Kier molecular flexibility index (Phi) is 8.33. The van der Waals surface area contributed by atoms with E-state index in [1.165, 1.54) is 6.20 Å². The highest BCUT2D eigenvalue weighted by Gasteiger charge is 2.34. The normalized spacial score (nSPS) is 20.8. The first-order valence-electron chi connectivity index (χ1n) is 12.0. The third-order valence-corrected chi connectivity index (χ3v) is 8.07. The molecule has 0 bridgehead atoms. The number of pyridine rings is 1. The predicted octanol–water partition coefficient (Wildman–Crippen LogP) is 3.91. The fourth-order valence-corrected chi connectivity index (χ4v) is 6.21. The summed E-state index contributed by atoms with van der Waals surface area (Å²) in [4.78, 5) is 11.8. The predicted molar refractivity (Wildman–Crippen MR) is 145 cm³/mol. The molecule has 192 valence electrons. The average Bonchev–Trinajstić information content (AvgIpc) is 2.80. The van der Waals surface area contributed by atoms with Crippen molar-refractivity contribution in [3.05, 3.63) is 46.1 Å². The summed E-state index contributed by atoms with van der Waals surface area (Å²) in [6.45, 7) is 7.82. The van der Waals surface area contributed by atoms with Gasteiger partial charge >= 0.3 is 0 Å². The zero-order valence-electron chi connectivity index (χ0n) is 20.3. The Morgan fingerprint density at radius 1 is 1.14 bits per heavy atom. The van der Waals surface area contributed by atoms with E-state index in [2.05, 4.69) is 31.3 Å². The number of anilines is 3. The molecule has 1 aromatic heterocycles. The number of likely N-dealkylation sites (tertiary alicyclic amines) is 1. The van der Waals surface area contributed by atoms with Gasteiger partial charge in [0.15, 0.2) is 0 Å². The van der Waals surface area contributed by atoms with Gasteiger partial charge in [0, 0.05) is 49.0 Å². The minimum atomic E-state index is -3.37. The van der Waals surface area contributed by atoms with E-state index in [1.54, 1.807) is 6.07 Å². The summed E-state index contributed by atoms with van der Waals surface area (Å²) in [5.41, 5.74) is 8.42. The molecule has 11 heteroatoms. The molecule has 0 radical (unpaired) electrons. The number of benzene rings is 1. The summed E-state index contributed by atoms with van der Waals surface area (Å²) in [6.07, 6.45) is 5.95. The highest BCUT2D eigenvalue weighted by Crippen LogP contribution is 2.31. The smallest absolute Gasteiger partial charge is 0.229 e. The number of piperazine rings is 1. The number of sulfonamides is 1. The third kappa shape index (κ3) is 6.71. The summed E-state index contributed by atoms with van der Waals surface area (Å²) in [6, 6.07) is 8.36. The van der Waals surface area contributed by atoms with Crippen LogP contribution in [-0.4, -0.2) is 74.3 Å². The second-order valence-corrected chi connectivity index (χ2v) is 12.1. The number of rotatable bonds is 7. The van der Waals surface area contributed by atoms with Crippen molar-refractivity contribution < 1.29 is 8.42 Å². The minimum Gasteiger partial charge on any atom is -0.398 e. The number of hydrogen-bond donors (Lipinski definition) is 2. The molecule has 2 aliphatic heterocycles. The highest BCUT2D eigenvalue weighted by molar-refractivity contribution is 7.92. The van der Waals surface area contributed by atoms with Crippen LogP contribution >= 0.6 is 23.2 Å². The maximum atomic E-state index is 11.5. The quantitative estimate of drug-likeness (QED) is 0.514. The van der Waals surface area contributed by atoms with Gasteiger partial charge in [-0.15, -0.1) is 0 Å². The number of aromatic nitrogens is 1.